The number of hydrogen-bond acceptors (Lipinski definition) is 6. The summed E-state index contributed by atoms with van der Waals surface area (Å²) < 4.78 is 16.8. The van der Waals surface area contributed by atoms with Gasteiger partial charge in [0.1, 0.15) is 13.2 Å². The number of allylic oxidation sites excluding steroid dienone is 4. The molecule has 0 aromatic heterocycles. The first-order chi connectivity index (χ1) is 33.5. The van der Waals surface area contributed by atoms with Crippen molar-refractivity contribution in [2.24, 2.45) is 0 Å². The van der Waals surface area contributed by atoms with Gasteiger partial charge in [-0.2, -0.15) is 0 Å². The van der Waals surface area contributed by atoms with Crippen molar-refractivity contribution in [3.63, 3.8) is 0 Å². The lowest BCUT2D eigenvalue weighted by molar-refractivity contribution is -0.167. The monoisotopic (exact) mass is 957 g/mol. The van der Waals surface area contributed by atoms with Crippen LogP contribution in [0.5, 0.6) is 0 Å². The van der Waals surface area contributed by atoms with Crippen LogP contribution in [0.15, 0.2) is 24.3 Å². The number of hydrogen-bond donors (Lipinski definition) is 0. The number of carbonyl (C=O) groups is 3. The van der Waals surface area contributed by atoms with Gasteiger partial charge in [0.25, 0.3) is 0 Å². The minimum atomic E-state index is -0.774. The zero-order valence-corrected chi connectivity index (χ0v) is 45.9. The quantitative estimate of drug-likeness (QED) is 0.0262. The van der Waals surface area contributed by atoms with Crippen LogP contribution >= 0.6 is 0 Å². The molecule has 0 radical (unpaired) electrons. The molecule has 0 amide bonds. The predicted molar refractivity (Wildman–Crippen MR) is 293 cm³/mol. The highest BCUT2D eigenvalue weighted by molar-refractivity contribution is 5.71. The largest absolute Gasteiger partial charge is 0.462 e. The second kappa shape index (κ2) is 57.5. The van der Waals surface area contributed by atoms with Gasteiger partial charge in [-0.1, -0.05) is 283 Å². The van der Waals surface area contributed by atoms with Crippen molar-refractivity contribution < 1.29 is 28.6 Å². The molecule has 1 atom stereocenters. The Kier molecular flexibility index (Phi) is 55.7. The van der Waals surface area contributed by atoms with Gasteiger partial charge in [0, 0.05) is 19.3 Å². The van der Waals surface area contributed by atoms with Crippen LogP contribution in [0, 0.1) is 0 Å². The van der Waals surface area contributed by atoms with Gasteiger partial charge in [-0.15, -0.1) is 0 Å². The molecule has 0 aliphatic carbocycles. The zero-order valence-electron chi connectivity index (χ0n) is 45.9. The van der Waals surface area contributed by atoms with E-state index < -0.39 is 6.10 Å². The Balaban J connectivity index is 4.01. The Morgan fingerprint density at radius 3 is 0.838 bits per heavy atom. The third kappa shape index (κ3) is 54.8. The second-order valence-electron chi connectivity index (χ2n) is 20.6. The van der Waals surface area contributed by atoms with Crippen molar-refractivity contribution in [2.75, 3.05) is 13.2 Å². The lowest BCUT2D eigenvalue weighted by Gasteiger charge is -2.18. The number of rotatable bonds is 56. The van der Waals surface area contributed by atoms with Gasteiger partial charge in [-0.3, -0.25) is 14.4 Å². The van der Waals surface area contributed by atoms with Gasteiger partial charge in [-0.25, -0.2) is 0 Å². The van der Waals surface area contributed by atoms with Crippen molar-refractivity contribution in [2.45, 2.75) is 341 Å². The van der Waals surface area contributed by atoms with E-state index in [-0.39, 0.29) is 31.1 Å². The third-order valence-electron chi connectivity index (χ3n) is 13.7. The first-order valence-electron chi connectivity index (χ1n) is 30.3. The molecule has 0 N–H and O–H groups in total. The summed E-state index contributed by atoms with van der Waals surface area (Å²) in [7, 11) is 0. The summed E-state index contributed by atoms with van der Waals surface area (Å²) in [6.45, 7) is 6.57. The first-order valence-corrected chi connectivity index (χ1v) is 30.3. The summed E-state index contributed by atoms with van der Waals surface area (Å²) >= 11 is 0. The number of unbranched alkanes of at least 4 members (excludes halogenated alkanes) is 41. The van der Waals surface area contributed by atoms with Gasteiger partial charge < -0.3 is 14.2 Å². The topological polar surface area (TPSA) is 78.9 Å². The molecule has 0 spiro atoms. The van der Waals surface area contributed by atoms with Crippen molar-refractivity contribution in [1.82, 2.24) is 0 Å². The molecule has 0 aromatic rings. The van der Waals surface area contributed by atoms with E-state index in [1.54, 1.807) is 0 Å². The van der Waals surface area contributed by atoms with E-state index in [0.29, 0.717) is 19.3 Å². The molecular formula is C62H116O6. The van der Waals surface area contributed by atoms with Gasteiger partial charge in [0.2, 0.25) is 0 Å². The summed E-state index contributed by atoms with van der Waals surface area (Å²) in [6.07, 6.45) is 67.9. The Morgan fingerprint density at radius 2 is 0.529 bits per heavy atom. The standard InChI is InChI=1S/C62H116O6/c1-4-7-10-13-16-19-22-23-24-25-26-27-28-29-30-31-32-33-34-35-36-37-38-39-41-43-46-49-52-55-61(64)67-58-59(57-66-60(63)54-51-48-45-42-21-18-15-12-9-6-3)68-62(65)56-53-50-47-44-40-20-17-14-11-8-5-2/h12,14-15,17,59H,4-11,13,16,18-58H2,1-3H3/b15-12-,17-14-. The highest BCUT2D eigenvalue weighted by atomic mass is 16.6. The van der Waals surface area contributed by atoms with E-state index in [2.05, 4.69) is 45.1 Å². The first kappa shape index (κ1) is 65.9. The third-order valence-corrected chi connectivity index (χ3v) is 13.7. The summed E-state index contributed by atoms with van der Waals surface area (Å²) in [5, 5.41) is 0. The summed E-state index contributed by atoms with van der Waals surface area (Å²) in [6, 6.07) is 0. The van der Waals surface area contributed by atoms with Crippen molar-refractivity contribution in [1.29, 1.82) is 0 Å². The fourth-order valence-electron chi connectivity index (χ4n) is 9.08. The van der Waals surface area contributed by atoms with Crippen LogP contribution in [0.1, 0.15) is 335 Å². The number of ether oxygens (including phenoxy) is 3. The van der Waals surface area contributed by atoms with Crippen LogP contribution in [-0.4, -0.2) is 37.2 Å². The molecule has 0 saturated carbocycles. The van der Waals surface area contributed by atoms with Gasteiger partial charge in [0.15, 0.2) is 6.10 Å². The SMILES string of the molecule is CCC/C=C\CCCCCCCC(=O)OCC(COC(=O)CCCCCCCCCCCCCCCCCCCCCCCCCCCCCCC)OC(=O)CCCCCCC/C=C\CCCC. The lowest BCUT2D eigenvalue weighted by atomic mass is 10.0. The van der Waals surface area contributed by atoms with Gasteiger partial charge >= 0.3 is 17.9 Å². The highest BCUT2D eigenvalue weighted by Crippen LogP contribution is 2.18. The summed E-state index contributed by atoms with van der Waals surface area (Å²) in [5.41, 5.74) is 0. The average Bonchev–Trinajstić information content (AvgIpc) is 3.34. The molecule has 0 rings (SSSR count). The maximum atomic E-state index is 12.8. The van der Waals surface area contributed by atoms with E-state index in [4.69, 9.17) is 14.2 Å². The molecule has 0 aromatic carbocycles. The molecule has 0 saturated heterocycles. The van der Waals surface area contributed by atoms with E-state index in [1.165, 1.54) is 212 Å². The molecule has 6 nitrogen and oxygen atoms in total. The summed E-state index contributed by atoms with van der Waals surface area (Å²) in [4.78, 5) is 38.0. The molecule has 0 aliphatic rings. The molecule has 0 heterocycles. The maximum absolute atomic E-state index is 12.8. The van der Waals surface area contributed by atoms with Crippen LogP contribution in [0.25, 0.3) is 0 Å². The number of carbonyl (C=O) groups excluding carboxylic acids is 3. The Labute approximate surface area is 423 Å². The molecule has 0 fully saturated rings. The summed E-state index contributed by atoms with van der Waals surface area (Å²) in [5.74, 6) is -0.879. The van der Waals surface area contributed by atoms with E-state index in [1.807, 2.05) is 0 Å². The van der Waals surface area contributed by atoms with Crippen molar-refractivity contribution in [3.05, 3.63) is 24.3 Å². The Morgan fingerprint density at radius 1 is 0.279 bits per heavy atom. The fraction of sp³-hybridized carbons (Fsp3) is 0.887. The Hall–Kier alpha value is -2.11. The van der Waals surface area contributed by atoms with Crippen LogP contribution in [0.2, 0.25) is 0 Å². The number of esters is 3. The van der Waals surface area contributed by atoms with Gasteiger partial charge in [0.05, 0.1) is 0 Å². The normalized spacial score (nSPS) is 12.1. The van der Waals surface area contributed by atoms with Crippen LogP contribution < -0.4 is 0 Å². The van der Waals surface area contributed by atoms with Crippen molar-refractivity contribution >= 4 is 17.9 Å². The van der Waals surface area contributed by atoms with Crippen LogP contribution in [0.3, 0.4) is 0 Å². The van der Waals surface area contributed by atoms with Crippen LogP contribution in [-0.2, 0) is 28.6 Å². The highest BCUT2D eigenvalue weighted by Gasteiger charge is 2.19. The van der Waals surface area contributed by atoms with Crippen LogP contribution in [0.4, 0.5) is 0 Å². The molecule has 1 unspecified atom stereocenters. The fourth-order valence-corrected chi connectivity index (χ4v) is 9.08. The minimum absolute atomic E-state index is 0.0735. The molecule has 6 heteroatoms. The van der Waals surface area contributed by atoms with E-state index in [0.717, 1.165) is 83.5 Å². The van der Waals surface area contributed by atoms with E-state index in [9.17, 15) is 14.4 Å². The van der Waals surface area contributed by atoms with Gasteiger partial charge in [-0.05, 0) is 57.8 Å². The molecule has 0 bridgehead atoms. The predicted octanol–water partition coefficient (Wildman–Crippen LogP) is 20.3. The molecule has 400 valence electrons. The average molecular weight is 958 g/mol. The maximum Gasteiger partial charge on any atom is 0.306 e. The smallest absolute Gasteiger partial charge is 0.306 e. The minimum Gasteiger partial charge on any atom is -0.462 e. The van der Waals surface area contributed by atoms with E-state index >= 15 is 0 Å². The zero-order chi connectivity index (χ0) is 49.3. The molecule has 68 heavy (non-hydrogen) atoms. The Bertz CT molecular complexity index is 1100. The molecular weight excluding hydrogens is 841 g/mol. The lowest BCUT2D eigenvalue weighted by Crippen LogP contribution is -2.30. The van der Waals surface area contributed by atoms with Crippen molar-refractivity contribution in [3.8, 4) is 0 Å². The molecule has 0 aliphatic heterocycles. The second-order valence-corrected chi connectivity index (χ2v) is 20.6.